The lowest BCUT2D eigenvalue weighted by atomic mass is 10.2. The third-order valence-electron chi connectivity index (χ3n) is 1.97. The molecule has 1 unspecified atom stereocenters. The molecule has 6 heteroatoms. The lowest BCUT2D eigenvalue weighted by Gasteiger charge is -2.20. The van der Waals surface area contributed by atoms with Gasteiger partial charge >= 0.3 is 11.9 Å². The van der Waals surface area contributed by atoms with Crippen molar-refractivity contribution in [1.29, 1.82) is 0 Å². The summed E-state index contributed by atoms with van der Waals surface area (Å²) in [6.45, 7) is 0.355. The van der Waals surface area contributed by atoms with E-state index in [1.807, 2.05) is 0 Å². The lowest BCUT2D eigenvalue weighted by Crippen LogP contribution is -2.47. The fourth-order valence-corrected chi connectivity index (χ4v) is 1.38. The number of carboxylic acids is 2. The van der Waals surface area contributed by atoms with Crippen molar-refractivity contribution in [3.05, 3.63) is 0 Å². The third-order valence-corrected chi connectivity index (χ3v) is 1.97. The maximum Gasteiger partial charge on any atom is 0.322 e. The van der Waals surface area contributed by atoms with Crippen molar-refractivity contribution in [2.45, 2.75) is 18.9 Å². The van der Waals surface area contributed by atoms with Crippen LogP contribution in [-0.2, 0) is 9.59 Å². The summed E-state index contributed by atoms with van der Waals surface area (Å²) in [6, 6.07) is -0.584. The number of hydrazine groups is 1. The molecule has 1 atom stereocenters. The third kappa shape index (κ3) is 2.67. The van der Waals surface area contributed by atoms with Crippen LogP contribution in [0, 0.1) is 0 Å². The molecule has 3 N–H and O–H groups in total. The van der Waals surface area contributed by atoms with Crippen LogP contribution in [0.2, 0.25) is 0 Å². The molecule has 0 aliphatic carbocycles. The predicted molar refractivity (Wildman–Crippen MR) is 43.0 cm³/mol. The first-order chi connectivity index (χ1) is 6.11. The number of rotatable bonds is 4. The monoisotopic (exact) mass is 188 g/mol. The fourth-order valence-electron chi connectivity index (χ4n) is 1.38. The molecule has 1 aliphatic heterocycles. The minimum absolute atomic E-state index is 0.232. The Morgan fingerprint density at radius 1 is 1.46 bits per heavy atom. The maximum atomic E-state index is 10.6. The van der Waals surface area contributed by atoms with Gasteiger partial charge in [-0.05, 0) is 12.8 Å². The van der Waals surface area contributed by atoms with Crippen molar-refractivity contribution in [2.24, 2.45) is 0 Å². The van der Waals surface area contributed by atoms with Gasteiger partial charge in [0, 0.05) is 6.54 Å². The molecule has 1 rings (SSSR count). The van der Waals surface area contributed by atoms with Gasteiger partial charge in [0.25, 0.3) is 0 Å². The van der Waals surface area contributed by atoms with Crippen molar-refractivity contribution >= 4 is 11.9 Å². The molecule has 0 spiro atoms. The summed E-state index contributed by atoms with van der Waals surface area (Å²) in [5.74, 6) is -1.90. The maximum absolute atomic E-state index is 10.6. The first kappa shape index (κ1) is 9.94. The van der Waals surface area contributed by atoms with Gasteiger partial charge in [-0.3, -0.25) is 9.59 Å². The van der Waals surface area contributed by atoms with Crippen LogP contribution in [0.5, 0.6) is 0 Å². The van der Waals surface area contributed by atoms with Crippen molar-refractivity contribution < 1.29 is 19.8 Å². The van der Waals surface area contributed by atoms with Crippen LogP contribution in [0.3, 0.4) is 0 Å². The average molecular weight is 188 g/mol. The molecule has 1 fully saturated rings. The van der Waals surface area contributed by atoms with Gasteiger partial charge in [-0.1, -0.05) is 0 Å². The molecule has 0 amide bonds. The van der Waals surface area contributed by atoms with Gasteiger partial charge in [0.1, 0.15) is 12.6 Å². The second kappa shape index (κ2) is 4.20. The molecule has 0 bridgehead atoms. The topological polar surface area (TPSA) is 89.9 Å². The summed E-state index contributed by atoms with van der Waals surface area (Å²) < 4.78 is 0. The van der Waals surface area contributed by atoms with Gasteiger partial charge in [0.2, 0.25) is 0 Å². The van der Waals surface area contributed by atoms with Crippen LogP contribution < -0.4 is 5.43 Å². The largest absolute Gasteiger partial charge is 0.480 e. The standard InChI is InChI=1S/C7H12N2O4/c10-6(11)4-8-9-3-1-2-5(9)7(12)13/h5,8H,1-4H2,(H,10,11)(H,12,13). The average Bonchev–Trinajstić information content (AvgIpc) is 2.47. The summed E-state index contributed by atoms with van der Waals surface area (Å²) in [5, 5.41) is 18.6. The Balaban J connectivity index is 2.39. The molecule has 0 aromatic carbocycles. The van der Waals surface area contributed by atoms with E-state index in [1.165, 1.54) is 5.01 Å². The van der Waals surface area contributed by atoms with E-state index in [0.717, 1.165) is 6.42 Å². The molecular formula is C7H12N2O4. The number of hydrogen-bond acceptors (Lipinski definition) is 4. The molecule has 0 saturated carbocycles. The van der Waals surface area contributed by atoms with E-state index >= 15 is 0 Å². The normalized spacial score (nSPS) is 23.2. The SMILES string of the molecule is O=C(O)CNN1CCCC1C(=O)O. The van der Waals surface area contributed by atoms with Gasteiger partial charge in [-0.15, -0.1) is 0 Å². The summed E-state index contributed by atoms with van der Waals surface area (Å²) in [7, 11) is 0. The summed E-state index contributed by atoms with van der Waals surface area (Å²) in [6.07, 6.45) is 1.35. The Hall–Kier alpha value is -1.14. The van der Waals surface area contributed by atoms with Gasteiger partial charge in [0.15, 0.2) is 0 Å². The summed E-state index contributed by atoms with van der Waals surface area (Å²) in [5.41, 5.74) is 2.57. The summed E-state index contributed by atoms with van der Waals surface area (Å²) in [4.78, 5) is 20.8. The second-order valence-electron chi connectivity index (χ2n) is 2.92. The van der Waals surface area contributed by atoms with E-state index in [9.17, 15) is 9.59 Å². The van der Waals surface area contributed by atoms with Gasteiger partial charge in [-0.25, -0.2) is 10.4 Å². The number of aliphatic carboxylic acids is 2. The Bertz CT molecular complexity index is 219. The number of hydrogen-bond donors (Lipinski definition) is 3. The van der Waals surface area contributed by atoms with Crippen molar-refractivity contribution in [1.82, 2.24) is 10.4 Å². The molecule has 0 aromatic rings. The second-order valence-corrected chi connectivity index (χ2v) is 2.92. The zero-order chi connectivity index (χ0) is 9.84. The molecule has 1 heterocycles. The van der Waals surface area contributed by atoms with Gasteiger partial charge in [-0.2, -0.15) is 0 Å². The van der Waals surface area contributed by atoms with Crippen LogP contribution in [0.15, 0.2) is 0 Å². The Kier molecular flexibility index (Phi) is 3.21. The van der Waals surface area contributed by atoms with E-state index in [-0.39, 0.29) is 6.54 Å². The van der Waals surface area contributed by atoms with Gasteiger partial charge < -0.3 is 10.2 Å². The minimum Gasteiger partial charge on any atom is -0.480 e. The molecule has 74 valence electrons. The highest BCUT2D eigenvalue weighted by atomic mass is 16.4. The van der Waals surface area contributed by atoms with E-state index < -0.39 is 18.0 Å². The number of nitrogens with one attached hydrogen (secondary N) is 1. The Labute approximate surface area is 75.1 Å². The zero-order valence-electron chi connectivity index (χ0n) is 7.06. The Morgan fingerprint density at radius 2 is 2.15 bits per heavy atom. The first-order valence-corrected chi connectivity index (χ1v) is 4.06. The van der Waals surface area contributed by atoms with Crippen LogP contribution in [-0.4, -0.2) is 46.3 Å². The molecular weight excluding hydrogens is 176 g/mol. The smallest absolute Gasteiger partial charge is 0.322 e. The highest BCUT2D eigenvalue weighted by molar-refractivity contribution is 5.74. The van der Waals surface area contributed by atoms with E-state index in [1.54, 1.807) is 0 Å². The zero-order valence-corrected chi connectivity index (χ0v) is 7.06. The van der Waals surface area contributed by atoms with E-state index in [2.05, 4.69) is 5.43 Å². The van der Waals surface area contributed by atoms with Crippen LogP contribution in [0.4, 0.5) is 0 Å². The predicted octanol–water partition coefficient (Wildman–Crippen LogP) is -0.875. The highest BCUT2D eigenvalue weighted by Crippen LogP contribution is 2.14. The van der Waals surface area contributed by atoms with Crippen LogP contribution >= 0.6 is 0 Å². The van der Waals surface area contributed by atoms with Crippen molar-refractivity contribution in [3.63, 3.8) is 0 Å². The number of carboxylic acid groups (broad SMARTS) is 2. The van der Waals surface area contributed by atoms with E-state index in [4.69, 9.17) is 10.2 Å². The fraction of sp³-hybridized carbons (Fsp3) is 0.714. The Morgan fingerprint density at radius 3 is 2.69 bits per heavy atom. The first-order valence-electron chi connectivity index (χ1n) is 4.06. The number of carbonyl (C=O) groups is 2. The van der Waals surface area contributed by atoms with Crippen molar-refractivity contribution in [3.8, 4) is 0 Å². The molecule has 1 saturated heterocycles. The molecule has 6 nitrogen and oxygen atoms in total. The van der Waals surface area contributed by atoms with E-state index in [0.29, 0.717) is 13.0 Å². The number of nitrogens with zero attached hydrogens (tertiary/aromatic N) is 1. The molecule has 1 aliphatic rings. The minimum atomic E-state index is -0.990. The van der Waals surface area contributed by atoms with Gasteiger partial charge in [0.05, 0.1) is 0 Å². The lowest BCUT2D eigenvalue weighted by molar-refractivity contribution is -0.145. The van der Waals surface area contributed by atoms with Crippen LogP contribution in [0.1, 0.15) is 12.8 Å². The van der Waals surface area contributed by atoms with Crippen LogP contribution in [0.25, 0.3) is 0 Å². The summed E-state index contributed by atoms with van der Waals surface area (Å²) >= 11 is 0. The van der Waals surface area contributed by atoms with Crippen molar-refractivity contribution in [2.75, 3.05) is 13.1 Å². The highest BCUT2D eigenvalue weighted by Gasteiger charge is 2.30. The molecule has 13 heavy (non-hydrogen) atoms. The molecule has 0 aromatic heterocycles. The quantitative estimate of drug-likeness (QED) is 0.531. The molecule has 0 radical (unpaired) electrons.